The van der Waals surface area contributed by atoms with E-state index in [1.54, 1.807) is 23.5 Å². The van der Waals surface area contributed by atoms with E-state index < -0.39 is 10.9 Å². The minimum Gasteiger partial charge on any atom is -0.456 e. The van der Waals surface area contributed by atoms with E-state index in [1.807, 2.05) is 16.8 Å². The highest BCUT2D eigenvalue weighted by Gasteiger charge is 2.08. The Hall–Kier alpha value is -2.94. The number of carbonyl (C=O) groups is 2. The molecule has 1 aromatic heterocycles. The molecule has 1 aromatic carbocycles. The van der Waals surface area contributed by atoms with Crippen molar-refractivity contribution in [3.8, 4) is 0 Å². The van der Waals surface area contributed by atoms with E-state index in [-0.39, 0.29) is 24.6 Å². The molecule has 0 aliphatic heterocycles. The fourth-order valence-corrected chi connectivity index (χ4v) is 2.76. The van der Waals surface area contributed by atoms with Crippen molar-refractivity contribution >= 4 is 34.6 Å². The van der Waals surface area contributed by atoms with Crippen molar-refractivity contribution < 1.29 is 19.2 Å². The molecule has 0 aliphatic rings. The van der Waals surface area contributed by atoms with E-state index >= 15 is 0 Å². The van der Waals surface area contributed by atoms with Gasteiger partial charge in [-0.05, 0) is 40.9 Å². The average molecular weight is 377 g/mol. The standard InChI is InChI=1S/C17H19N3O5S/c21-16(11-25-17(22)6-1-13-7-10-26-12-13)19-9-8-18-14-2-4-15(5-3-14)20(23)24/h2-5,7,10,12,18H,1,6,8-9,11H2,(H,19,21). The lowest BCUT2D eigenvalue weighted by atomic mass is 10.2. The van der Waals surface area contributed by atoms with E-state index in [4.69, 9.17) is 4.74 Å². The lowest BCUT2D eigenvalue weighted by Crippen LogP contribution is -2.32. The minimum atomic E-state index is -0.467. The normalized spacial score (nSPS) is 10.2. The van der Waals surface area contributed by atoms with Gasteiger partial charge in [-0.3, -0.25) is 19.7 Å². The summed E-state index contributed by atoms with van der Waals surface area (Å²) < 4.78 is 4.92. The van der Waals surface area contributed by atoms with Gasteiger partial charge in [-0.1, -0.05) is 0 Å². The summed E-state index contributed by atoms with van der Waals surface area (Å²) in [6.45, 7) is 0.470. The summed E-state index contributed by atoms with van der Waals surface area (Å²) in [6, 6.07) is 7.93. The van der Waals surface area contributed by atoms with Crippen LogP contribution in [0.4, 0.5) is 11.4 Å². The third kappa shape index (κ3) is 6.89. The van der Waals surface area contributed by atoms with Crippen LogP contribution >= 0.6 is 11.3 Å². The average Bonchev–Trinajstić information content (AvgIpc) is 3.16. The number of benzene rings is 1. The molecule has 0 radical (unpaired) electrons. The van der Waals surface area contributed by atoms with Crippen LogP contribution in [-0.4, -0.2) is 36.5 Å². The Morgan fingerprint density at radius 3 is 2.58 bits per heavy atom. The van der Waals surface area contributed by atoms with E-state index in [0.717, 1.165) is 5.56 Å². The molecule has 9 heteroatoms. The summed E-state index contributed by atoms with van der Waals surface area (Å²) in [7, 11) is 0. The van der Waals surface area contributed by atoms with Crippen LogP contribution in [0.3, 0.4) is 0 Å². The van der Waals surface area contributed by atoms with Gasteiger partial charge in [0.15, 0.2) is 6.61 Å². The quantitative estimate of drug-likeness (QED) is 0.285. The van der Waals surface area contributed by atoms with Crippen molar-refractivity contribution in [1.82, 2.24) is 5.32 Å². The molecule has 2 aromatic rings. The molecular weight excluding hydrogens is 358 g/mol. The van der Waals surface area contributed by atoms with Crippen LogP contribution in [0, 0.1) is 10.1 Å². The SMILES string of the molecule is O=C(COC(=O)CCc1ccsc1)NCCNc1ccc([N+](=O)[O-])cc1. The topological polar surface area (TPSA) is 111 Å². The van der Waals surface area contributed by atoms with Crippen molar-refractivity contribution in [1.29, 1.82) is 0 Å². The zero-order valence-corrected chi connectivity index (χ0v) is 14.8. The summed E-state index contributed by atoms with van der Waals surface area (Å²) in [5.41, 5.74) is 1.81. The number of esters is 1. The first-order valence-corrected chi connectivity index (χ1v) is 8.90. The molecular formula is C17H19N3O5S. The molecule has 0 bridgehead atoms. The lowest BCUT2D eigenvalue weighted by Gasteiger charge is -2.08. The number of nitro groups is 1. The van der Waals surface area contributed by atoms with Gasteiger partial charge < -0.3 is 15.4 Å². The predicted octanol–water partition coefficient (Wildman–Crippen LogP) is 2.36. The van der Waals surface area contributed by atoms with Gasteiger partial charge in [0, 0.05) is 37.3 Å². The molecule has 1 heterocycles. The molecule has 0 unspecified atom stereocenters. The molecule has 0 atom stereocenters. The number of amides is 1. The van der Waals surface area contributed by atoms with Crippen LogP contribution in [0.5, 0.6) is 0 Å². The second-order valence-electron chi connectivity index (χ2n) is 5.37. The first kappa shape index (κ1) is 19.4. The number of anilines is 1. The maximum absolute atomic E-state index is 11.6. The van der Waals surface area contributed by atoms with Crippen molar-refractivity contribution in [3.05, 3.63) is 56.8 Å². The van der Waals surface area contributed by atoms with Crippen LogP contribution in [0.25, 0.3) is 0 Å². The molecule has 1 amide bonds. The maximum atomic E-state index is 11.6. The van der Waals surface area contributed by atoms with Crippen molar-refractivity contribution in [2.45, 2.75) is 12.8 Å². The van der Waals surface area contributed by atoms with E-state index in [1.165, 1.54) is 12.1 Å². The number of ether oxygens (including phenoxy) is 1. The largest absolute Gasteiger partial charge is 0.456 e. The number of carbonyl (C=O) groups excluding carboxylic acids is 2. The third-order valence-electron chi connectivity index (χ3n) is 3.42. The zero-order valence-electron chi connectivity index (χ0n) is 14.0. The lowest BCUT2D eigenvalue weighted by molar-refractivity contribution is -0.384. The molecule has 26 heavy (non-hydrogen) atoms. The van der Waals surface area contributed by atoms with E-state index in [0.29, 0.717) is 25.2 Å². The molecule has 2 N–H and O–H groups in total. The molecule has 0 spiro atoms. The van der Waals surface area contributed by atoms with Gasteiger partial charge in [0.2, 0.25) is 0 Å². The van der Waals surface area contributed by atoms with Gasteiger partial charge in [0.1, 0.15) is 0 Å². The highest BCUT2D eigenvalue weighted by molar-refractivity contribution is 7.07. The summed E-state index contributed by atoms with van der Waals surface area (Å²) in [4.78, 5) is 33.3. The Kier molecular flexibility index (Phi) is 7.56. The number of nitrogens with zero attached hydrogens (tertiary/aromatic N) is 1. The maximum Gasteiger partial charge on any atom is 0.306 e. The summed E-state index contributed by atoms with van der Waals surface area (Å²) >= 11 is 1.57. The highest BCUT2D eigenvalue weighted by Crippen LogP contribution is 2.14. The van der Waals surface area contributed by atoms with Crippen LogP contribution in [0.15, 0.2) is 41.1 Å². The van der Waals surface area contributed by atoms with Crippen molar-refractivity contribution in [2.75, 3.05) is 25.0 Å². The number of aryl methyl sites for hydroxylation is 1. The molecule has 0 saturated heterocycles. The van der Waals surface area contributed by atoms with Gasteiger partial charge in [-0.2, -0.15) is 11.3 Å². The van der Waals surface area contributed by atoms with Gasteiger partial charge in [-0.25, -0.2) is 0 Å². The molecule has 2 rings (SSSR count). The fraction of sp³-hybridized carbons (Fsp3) is 0.294. The fourth-order valence-electron chi connectivity index (χ4n) is 2.06. The van der Waals surface area contributed by atoms with Crippen molar-refractivity contribution in [2.24, 2.45) is 0 Å². The van der Waals surface area contributed by atoms with Crippen LogP contribution < -0.4 is 10.6 Å². The number of nitro benzene ring substituents is 1. The Labute approximate surface area is 154 Å². The molecule has 0 saturated carbocycles. The second-order valence-corrected chi connectivity index (χ2v) is 6.15. The zero-order chi connectivity index (χ0) is 18.8. The van der Waals surface area contributed by atoms with Crippen LogP contribution in [-0.2, 0) is 20.7 Å². The van der Waals surface area contributed by atoms with Gasteiger partial charge >= 0.3 is 5.97 Å². The molecule has 8 nitrogen and oxygen atoms in total. The number of thiophene rings is 1. The predicted molar refractivity (Wildman–Crippen MR) is 98.2 cm³/mol. The van der Waals surface area contributed by atoms with Crippen LogP contribution in [0.2, 0.25) is 0 Å². The number of nitrogens with one attached hydrogen (secondary N) is 2. The summed E-state index contributed by atoms with van der Waals surface area (Å²) in [5.74, 6) is -0.783. The molecule has 138 valence electrons. The van der Waals surface area contributed by atoms with E-state index in [9.17, 15) is 19.7 Å². The smallest absolute Gasteiger partial charge is 0.306 e. The first-order valence-electron chi connectivity index (χ1n) is 7.96. The first-order chi connectivity index (χ1) is 12.5. The van der Waals surface area contributed by atoms with E-state index in [2.05, 4.69) is 10.6 Å². The third-order valence-corrected chi connectivity index (χ3v) is 4.15. The van der Waals surface area contributed by atoms with Gasteiger partial charge in [-0.15, -0.1) is 0 Å². The van der Waals surface area contributed by atoms with Crippen molar-refractivity contribution in [3.63, 3.8) is 0 Å². The number of hydrogen-bond acceptors (Lipinski definition) is 7. The Balaban J connectivity index is 1.55. The number of rotatable bonds is 10. The summed E-state index contributed by atoms with van der Waals surface area (Å²) in [5, 5.41) is 20.1. The van der Waals surface area contributed by atoms with Crippen LogP contribution in [0.1, 0.15) is 12.0 Å². The minimum absolute atomic E-state index is 0.0182. The number of non-ortho nitro benzene ring substituents is 1. The number of hydrogen-bond donors (Lipinski definition) is 2. The van der Waals surface area contributed by atoms with Gasteiger partial charge in [0.25, 0.3) is 11.6 Å². The molecule has 0 fully saturated rings. The Morgan fingerprint density at radius 2 is 1.92 bits per heavy atom. The Morgan fingerprint density at radius 1 is 1.15 bits per heavy atom. The summed E-state index contributed by atoms with van der Waals surface area (Å²) in [6.07, 6.45) is 0.842. The highest BCUT2D eigenvalue weighted by atomic mass is 32.1. The van der Waals surface area contributed by atoms with Gasteiger partial charge in [0.05, 0.1) is 4.92 Å². The molecule has 0 aliphatic carbocycles. The Bertz CT molecular complexity index is 731. The second kappa shape index (κ2) is 10.1. The monoisotopic (exact) mass is 377 g/mol.